The molecule has 21 heavy (non-hydrogen) atoms. The number of benzene rings is 1. The summed E-state index contributed by atoms with van der Waals surface area (Å²) in [5.41, 5.74) is 1.32. The third kappa shape index (κ3) is 5.12. The molecule has 0 saturated carbocycles. The van der Waals surface area contributed by atoms with Crippen LogP contribution in [0.3, 0.4) is 0 Å². The third-order valence-corrected chi connectivity index (χ3v) is 3.91. The molecule has 1 fully saturated rings. The molecule has 1 heterocycles. The monoisotopic (exact) mass is 292 g/mol. The summed E-state index contributed by atoms with van der Waals surface area (Å²) in [5, 5.41) is 9.17. The highest BCUT2D eigenvalue weighted by molar-refractivity contribution is 5.89. The van der Waals surface area contributed by atoms with E-state index in [4.69, 9.17) is 4.74 Å². The van der Waals surface area contributed by atoms with Crippen LogP contribution in [0.15, 0.2) is 24.3 Å². The highest BCUT2D eigenvalue weighted by Crippen LogP contribution is 2.10. The summed E-state index contributed by atoms with van der Waals surface area (Å²) < 4.78 is 5.34. The Morgan fingerprint density at radius 3 is 2.71 bits per heavy atom. The summed E-state index contributed by atoms with van der Waals surface area (Å²) in [6, 6.07) is 7.25. The van der Waals surface area contributed by atoms with Crippen LogP contribution in [0.5, 0.6) is 0 Å². The molecule has 0 atom stereocenters. The van der Waals surface area contributed by atoms with Crippen LogP contribution in [0.1, 0.15) is 15.9 Å². The summed E-state index contributed by atoms with van der Waals surface area (Å²) >= 11 is 0. The van der Waals surface area contributed by atoms with E-state index in [2.05, 4.69) is 16.8 Å². The van der Waals surface area contributed by atoms with Gasteiger partial charge in [0, 0.05) is 32.7 Å². The number of carboxylic acids is 1. The van der Waals surface area contributed by atoms with Gasteiger partial charge in [-0.05, 0) is 25.1 Å². The van der Waals surface area contributed by atoms with E-state index < -0.39 is 5.97 Å². The zero-order valence-electron chi connectivity index (χ0n) is 12.6. The zero-order valence-corrected chi connectivity index (χ0v) is 12.6. The van der Waals surface area contributed by atoms with E-state index in [1.165, 1.54) is 0 Å². The van der Waals surface area contributed by atoms with Crippen LogP contribution in [0.4, 0.5) is 0 Å². The Morgan fingerprint density at radius 1 is 1.29 bits per heavy atom. The lowest BCUT2D eigenvalue weighted by Crippen LogP contribution is -2.41. The zero-order chi connectivity index (χ0) is 15.1. The van der Waals surface area contributed by atoms with Crippen molar-refractivity contribution in [3.8, 4) is 0 Å². The molecule has 1 aliphatic rings. The fraction of sp³-hybridized carbons (Fsp3) is 0.562. The van der Waals surface area contributed by atoms with Gasteiger partial charge in [-0.3, -0.25) is 4.90 Å². The predicted molar refractivity (Wildman–Crippen MR) is 81.9 cm³/mol. The molecule has 0 aromatic heterocycles. The number of hydrogen-bond donors (Lipinski definition) is 1. The van der Waals surface area contributed by atoms with Crippen LogP contribution < -0.4 is 0 Å². The minimum absolute atomic E-state index is 0.416. The van der Waals surface area contributed by atoms with Crippen molar-refractivity contribution in [1.29, 1.82) is 0 Å². The van der Waals surface area contributed by atoms with Crippen molar-refractivity contribution in [2.75, 3.05) is 53.0 Å². The van der Waals surface area contributed by atoms with E-state index in [0.29, 0.717) is 5.56 Å². The first kappa shape index (κ1) is 15.9. The Bertz CT molecular complexity index is 459. The lowest BCUT2D eigenvalue weighted by molar-refractivity contribution is 0.0345. The maximum Gasteiger partial charge on any atom is 0.335 e. The van der Waals surface area contributed by atoms with Gasteiger partial charge in [0.2, 0.25) is 0 Å². The molecule has 1 N–H and O–H groups in total. The average Bonchev–Trinajstić information content (AvgIpc) is 2.52. The Labute approximate surface area is 126 Å². The average molecular weight is 292 g/mol. The molecule has 5 nitrogen and oxygen atoms in total. The number of aromatic carboxylic acids is 1. The molecular weight excluding hydrogens is 268 g/mol. The lowest BCUT2D eigenvalue weighted by atomic mass is 10.0. The number of nitrogens with zero attached hydrogens (tertiary/aromatic N) is 2. The molecule has 1 aromatic carbocycles. The summed E-state index contributed by atoms with van der Waals surface area (Å²) in [4.78, 5) is 15.8. The van der Waals surface area contributed by atoms with E-state index in [9.17, 15) is 9.90 Å². The van der Waals surface area contributed by atoms with Crippen LogP contribution in [0.2, 0.25) is 0 Å². The second kappa shape index (κ2) is 8.12. The highest BCUT2D eigenvalue weighted by Gasteiger charge is 2.12. The van der Waals surface area contributed by atoms with Crippen molar-refractivity contribution < 1.29 is 14.6 Å². The second-order valence-electron chi connectivity index (χ2n) is 5.47. The number of morpholine rings is 1. The Hall–Kier alpha value is -1.43. The summed E-state index contributed by atoms with van der Waals surface area (Å²) in [7, 11) is 2.09. The van der Waals surface area contributed by atoms with Crippen molar-refractivity contribution in [2.45, 2.75) is 6.42 Å². The molecular formula is C16H24N2O3. The fourth-order valence-electron chi connectivity index (χ4n) is 2.51. The van der Waals surface area contributed by atoms with Gasteiger partial charge in [-0.25, -0.2) is 4.79 Å². The molecule has 0 bridgehead atoms. The van der Waals surface area contributed by atoms with Crippen LogP contribution in [0, 0.1) is 0 Å². The van der Waals surface area contributed by atoms with Crippen molar-refractivity contribution in [2.24, 2.45) is 0 Å². The standard InChI is InChI=1S/C16H24N2O3/c1-17(8-9-18-10-12-21-13-11-18)7-6-14-4-2-3-5-15(14)16(19)20/h2-5H,6-13H2,1H3,(H,19,20). The third-order valence-electron chi connectivity index (χ3n) is 3.91. The van der Waals surface area contributed by atoms with Gasteiger partial charge in [0.25, 0.3) is 0 Å². The largest absolute Gasteiger partial charge is 0.478 e. The van der Waals surface area contributed by atoms with Gasteiger partial charge < -0.3 is 14.7 Å². The minimum atomic E-state index is -0.846. The Morgan fingerprint density at radius 2 is 2.00 bits per heavy atom. The van der Waals surface area contributed by atoms with E-state index in [-0.39, 0.29) is 0 Å². The van der Waals surface area contributed by atoms with Crippen molar-refractivity contribution in [1.82, 2.24) is 9.80 Å². The summed E-state index contributed by atoms with van der Waals surface area (Å²) in [6.07, 6.45) is 0.766. The van der Waals surface area contributed by atoms with Gasteiger partial charge >= 0.3 is 5.97 Å². The molecule has 2 rings (SSSR count). The molecule has 0 aliphatic carbocycles. The molecule has 0 amide bonds. The number of likely N-dealkylation sites (N-methyl/N-ethyl adjacent to an activating group) is 1. The van der Waals surface area contributed by atoms with Gasteiger partial charge in [-0.15, -0.1) is 0 Å². The van der Waals surface area contributed by atoms with Crippen LogP contribution in [0.25, 0.3) is 0 Å². The Kier molecular flexibility index (Phi) is 6.17. The topological polar surface area (TPSA) is 53.0 Å². The number of hydrogen-bond acceptors (Lipinski definition) is 4. The fourth-order valence-corrected chi connectivity index (χ4v) is 2.51. The van der Waals surface area contributed by atoms with Gasteiger partial charge in [0.15, 0.2) is 0 Å². The Balaban J connectivity index is 1.75. The SMILES string of the molecule is CN(CCc1ccccc1C(=O)O)CCN1CCOCC1. The van der Waals surface area contributed by atoms with Gasteiger partial charge in [-0.1, -0.05) is 18.2 Å². The van der Waals surface area contributed by atoms with Crippen molar-refractivity contribution in [3.05, 3.63) is 35.4 Å². The van der Waals surface area contributed by atoms with Crippen molar-refractivity contribution in [3.63, 3.8) is 0 Å². The second-order valence-corrected chi connectivity index (χ2v) is 5.47. The van der Waals surface area contributed by atoms with E-state index in [1.54, 1.807) is 12.1 Å². The predicted octanol–water partition coefficient (Wildman–Crippen LogP) is 1.19. The minimum Gasteiger partial charge on any atom is -0.478 e. The smallest absolute Gasteiger partial charge is 0.335 e. The molecule has 5 heteroatoms. The lowest BCUT2D eigenvalue weighted by Gasteiger charge is -2.28. The normalized spacial score (nSPS) is 16.3. The first-order chi connectivity index (χ1) is 10.2. The van der Waals surface area contributed by atoms with E-state index in [1.807, 2.05) is 12.1 Å². The molecule has 116 valence electrons. The summed E-state index contributed by atoms with van der Waals surface area (Å²) in [6.45, 7) is 6.58. The highest BCUT2D eigenvalue weighted by atomic mass is 16.5. The number of rotatable bonds is 7. The number of carbonyl (C=O) groups is 1. The molecule has 0 radical (unpaired) electrons. The first-order valence-corrected chi connectivity index (χ1v) is 7.46. The van der Waals surface area contributed by atoms with Crippen LogP contribution >= 0.6 is 0 Å². The van der Waals surface area contributed by atoms with Gasteiger partial charge in [-0.2, -0.15) is 0 Å². The van der Waals surface area contributed by atoms with Gasteiger partial charge in [0.1, 0.15) is 0 Å². The van der Waals surface area contributed by atoms with Crippen LogP contribution in [-0.4, -0.2) is 73.9 Å². The maximum absolute atomic E-state index is 11.2. The molecule has 0 spiro atoms. The van der Waals surface area contributed by atoms with Crippen molar-refractivity contribution >= 4 is 5.97 Å². The number of carboxylic acid groups (broad SMARTS) is 1. The molecule has 1 aliphatic heterocycles. The first-order valence-electron chi connectivity index (χ1n) is 7.46. The maximum atomic E-state index is 11.2. The quantitative estimate of drug-likeness (QED) is 0.818. The van der Waals surface area contributed by atoms with E-state index >= 15 is 0 Å². The molecule has 1 saturated heterocycles. The van der Waals surface area contributed by atoms with E-state index in [0.717, 1.165) is 57.9 Å². The number of ether oxygens (including phenoxy) is 1. The van der Waals surface area contributed by atoms with Gasteiger partial charge in [0.05, 0.1) is 18.8 Å². The summed E-state index contributed by atoms with van der Waals surface area (Å²) in [5.74, 6) is -0.846. The molecule has 0 unspecified atom stereocenters. The van der Waals surface area contributed by atoms with Crippen LogP contribution in [-0.2, 0) is 11.2 Å². The molecule has 1 aromatic rings.